The Morgan fingerprint density at radius 2 is 1.71 bits per heavy atom. The van der Waals surface area contributed by atoms with E-state index in [-0.39, 0.29) is 18.1 Å². The second-order valence-electron chi connectivity index (χ2n) is 7.48. The highest BCUT2D eigenvalue weighted by Gasteiger charge is 2.13. The number of hydrazone groups is 1. The zero-order valence-electron chi connectivity index (χ0n) is 18.9. The predicted octanol–water partition coefficient (Wildman–Crippen LogP) is 4.53. The molecule has 2 N–H and O–H groups in total. The van der Waals surface area contributed by atoms with Crippen LogP contribution in [0.2, 0.25) is 0 Å². The van der Waals surface area contributed by atoms with Crippen molar-refractivity contribution < 1.29 is 24.2 Å². The fourth-order valence-electron chi connectivity index (χ4n) is 3.46. The number of carbonyl (C=O) groups excluding carboxylic acids is 1. The van der Waals surface area contributed by atoms with Crippen molar-refractivity contribution in [2.24, 2.45) is 5.10 Å². The molecule has 0 atom stereocenters. The molecule has 0 fully saturated rings. The highest BCUT2D eigenvalue weighted by molar-refractivity contribution is 5.98. The van der Waals surface area contributed by atoms with Gasteiger partial charge in [0.2, 0.25) is 0 Å². The summed E-state index contributed by atoms with van der Waals surface area (Å²) >= 11 is 0. The Morgan fingerprint density at radius 3 is 2.43 bits per heavy atom. The number of aromatic carboxylic acids is 1. The number of carboxylic acids is 1. The first-order chi connectivity index (χ1) is 17.1. The first-order valence-corrected chi connectivity index (χ1v) is 10.7. The summed E-state index contributed by atoms with van der Waals surface area (Å²) in [6, 6.07) is 22.8. The number of nitrogens with one attached hydrogen (secondary N) is 1. The normalized spacial score (nSPS) is 10.8. The van der Waals surface area contributed by atoms with Crippen molar-refractivity contribution in [2.75, 3.05) is 7.11 Å². The highest BCUT2D eigenvalue weighted by Crippen LogP contribution is 2.31. The van der Waals surface area contributed by atoms with Gasteiger partial charge in [-0.15, -0.1) is 0 Å². The van der Waals surface area contributed by atoms with Crippen molar-refractivity contribution in [2.45, 2.75) is 6.61 Å². The molecule has 3 aromatic carbocycles. The molecule has 0 bridgehead atoms. The quantitative estimate of drug-likeness (QED) is 0.277. The first kappa shape index (κ1) is 23.3. The van der Waals surface area contributed by atoms with E-state index in [1.54, 1.807) is 42.5 Å². The van der Waals surface area contributed by atoms with Crippen molar-refractivity contribution in [3.05, 3.63) is 114 Å². The lowest BCUT2D eigenvalue weighted by Crippen LogP contribution is -2.19. The molecule has 8 nitrogen and oxygen atoms in total. The zero-order valence-corrected chi connectivity index (χ0v) is 18.9. The number of hydrogen-bond acceptors (Lipinski definition) is 5. The van der Waals surface area contributed by atoms with E-state index in [4.69, 9.17) is 14.6 Å². The number of ether oxygens (including phenoxy) is 2. The Balaban J connectivity index is 1.49. The maximum absolute atomic E-state index is 12.8. The van der Waals surface area contributed by atoms with Gasteiger partial charge in [0.15, 0.2) is 11.5 Å². The monoisotopic (exact) mass is 469 g/mol. The van der Waals surface area contributed by atoms with E-state index in [1.165, 1.54) is 25.5 Å². The van der Waals surface area contributed by atoms with E-state index in [0.29, 0.717) is 22.6 Å². The molecule has 35 heavy (non-hydrogen) atoms. The number of rotatable bonds is 9. The number of nitrogens with zero attached hydrogens (tertiary/aromatic N) is 2. The van der Waals surface area contributed by atoms with E-state index in [9.17, 15) is 9.59 Å². The van der Waals surface area contributed by atoms with Crippen LogP contribution in [0.15, 0.2) is 96.4 Å². The molecule has 8 heteroatoms. The van der Waals surface area contributed by atoms with Gasteiger partial charge in [-0.2, -0.15) is 5.10 Å². The van der Waals surface area contributed by atoms with E-state index < -0.39 is 5.97 Å². The smallest absolute Gasteiger partial charge is 0.335 e. The van der Waals surface area contributed by atoms with Gasteiger partial charge < -0.3 is 19.1 Å². The van der Waals surface area contributed by atoms with Gasteiger partial charge in [0.05, 0.1) is 30.1 Å². The number of benzene rings is 3. The molecule has 4 aromatic rings. The molecule has 0 spiro atoms. The van der Waals surface area contributed by atoms with Crippen LogP contribution < -0.4 is 14.9 Å². The van der Waals surface area contributed by atoms with Gasteiger partial charge in [-0.1, -0.05) is 30.3 Å². The molecule has 0 radical (unpaired) electrons. The Labute approximate surface area is 202 Å². The Kier molecular flexibility index (Phi) is 7.22. The SMILES string of the molecule is COc1cccc(/C=N/NC(=O)c2ccccc2-n2cccc2)c1OCc1ccc(C(=O)O)cc1. The number of hydrogen-bond donors (Lipinski definition) is 2. The number of carboxylic acid groups (broad SMARTS) is 1. The van der Waals surface area contributed by atoms with Crippen molar-refractivity contribution in [1.29, 1.82) is 0 Å². The highest BCUT2D eigenvalue weighted by atomic mass is 16.5. The molecule has 0 aliphatic carbocycles. The van der Waals surface area contributed by atoms with Crippen molar-refractivity contribution in [1.82, 2.24) is 9.99 Å². The van der Waals surface area contributed by atoms with Gasteiger partial charge in [0, 0.05) is 18.0 Å². The summed E-state index contributed by atoms with van der Waals surface area (Å²) in [5.74, 6) is -0.392. The van der Waals surface area contributed by atoms with Gasteiger partial charge >= 0.3 is 5.97 Å². The van der Waals surface area contributed by atoms with E-state index in [1.807, 2.05) is 41.2 Å². The lowest BCUT2D eigenvalue weighted by atomic mass is 10.1. The summed E-state index contributed by atoms with van der Waals surface area (Å²) in [6.07, 6.45) is 5.22. The van der Waals surface area contributed by atoms with Crippen LogP contribution in [-0.4, -0.2) is 34.9 Å². The molecule has 1 aromatic heterocycles. The third-order valence-corrected chi connectivity index (χ3v) is 5.21. The minimum atomic E-state index is -0.987. The summed E-state index contributed by atoms with van der Waals surface area (Å²) < 4.78 is 13.3. The molecule has 1 heterocycles. The molecule has 176 valence electrons. The lowest BCUT2D eigenvalue weighted by Gasteiger charge is -2.13. The second-order valence-corrected chi connectivity index (χ2v) is 7.48. The topological polar surface area (TPSA) is 102 Å². The summed E-state index contributed by atoms with van der Waals surface area (Å²) in [6.45, 7) is 0.192. The molecule has 4 rings (SSSR count). The number of methoxy groups -OCH3 is 1. The Morgan fingerprint density at radius 1 is 0.971 bits per heavy atom. The van der Waals surface area contributed by atoms with Crippen LogP contribution in [0.4, 0.5) is 0 Å². The standard InChI is InChI=1S/C27H23N3O5/c1-34-24-10-6-7-21(25(24)35-18-19-11-13-20(14-12-19)27(32)33)17-28-29-26(31)22-8-2-3-9-23(22)30-15-4-5-16-30/h2-17H,18H2,1H3,(H,29,31)(H,32,33)/b28-17+. The van der Waals surface area contributed by atoms with Gasteiger partial charge in [-0.3, -0.25) is 4.79 Å². The van der Waals surface area contributed by atoms with Crippen LogP contribution in [0.5, 0.6) is 11.5 Å². The predicted molar refractivity (Wildman–Crippen MR) is 132 cm³/mol. The van der Waals surface area contributed by atoms with Crippen molar-refractivity contribution >= 4 is 18.1 Å². The van der Waals surface area contributed by atoms with E-state index in [0.717, 1.165) is 11.3 Å². The van der Waals surface area contributed by atoms with Crippen LogP contribution >= 0.6 is 0 Å². The average molecular weight is 469 g/mol. The fraction of sp³-hybridized carbons (Fsp3) is 0.0741. The maximum Gasteiger partial charge on any atom is 0.335 e. The van der Waals surface area contributed by atoms with Crippen LogP contribution in [0.1, 0.15) is 31.8 Å². The van der Waals surface area contributed by atoms with Gasteiger partial charge in [-0.25, -0.2) is 10.2 Å². The number of aromatic nitrogens is 1. The van der Waals surface area contributed by atoms with Crippen LogP contribution in [0.3, 0.4) is 0 Å². The van der Waals surface area contributed by atoms with Crippen LogP contribution in [-0.2, 0) is 6.61 Å². The maximum atomic E-state index is 12.8. The zero-order chi connectivity index (χ0) is 24.6. The molecule has 0 aliphatic rings. The first-order valence-electron chi connectivity index (χ1n) is 10.7. The Bertz CT molecular complexity index is 1350. The summed E-state index contributed by atoms with van der Waals surface area (Å²) in [4.78, 5) is 23.9. The minimum absolute atomic E-state index is 0.192. The molecule has 0 unspecified atom stereocenters. The average Bonchev–Trinajstić information content (AvgIpc) is 3.43. The van der Waals surface area contributed by atoms with E-state index in [2.05, 4.69) is 10.5 Å². The van der Waals surface area contributed by atoms with Gasteiger partial charge in [0.1, 0.15) is 6.61 Å². The lowest BCUT2D eigenvalue weighted by molar-refractivity contribution is 0.0696. The number of amides is 1. The molecule has 0 saturated heterocycles. The van der Waals surface area contributed by atoms with Crippen molar-refractivity contribution in [3.63, 3.8) is 0 Å². The number of para-hydroxylation sites is 2. The molecule has 1 amide bonds. The molecular formula is C27H23N3O5. The molecule has 0 aliphatic heterocycles. The van der Waals surface area contributed by atoms with E-state index >= 15 is 0 Å². The van der Waals surface area contributed by atoms with Gasteiger partial charge in [0.25, 0.3) is 5.91 Å². The van der Waals surface area contributed by atoms with Crippen LogP contribution in [0.25, 0.3) is 5.69 Å². The Hall–Kier alpha value is -4.85. The molecular weight excluding hydrogens is 446 g/mol. The minimum Gasteiger partial charge on any atom is -0.493 e. The van der Waals surface area contributed by atoms with Crippen LogP contribution in [0, 0.1) is 0 Å². The summed E-state index contributed by atoms with van der Waals surface area (Å²) in [5.41, 5.74) is 5.38. The second kappa shape index (κ2) is 10.8. The third kappa shape index (κ3) is 5.56. The largest absolute Gasteiger partial charge is 0.493 e. The fourth-order valence-corrected chi connectivity index (χ4v) is 3.46. The van der Waals surface area contributed by atoms with Crippen molar-refractivity contribution in [3.8, 4) is 17.2 Å². The summed E-state index contributed by atoms with van der Waals surface area (Å²) in [7, 11) is 1.53. The number of carbonyl (C=O) groups is 2. The molecule has 0 saturated carbocycles. The third-order valence-electron chi connectivity index (χ3n) is 5.21. The summed E-state index contributed by atoms with van der Waals surface area (Å²) in [5, 5.41) is 13.2. The van der Waals surface area contributed by atoms with Gasteiger partial charge in [-0.05, 0) is 54.1 Å².